The molecule has 0 radical (unpaired) electrons. The molecule has 0 aliphatic carbocycles. The van der Waals surface area contributed by atoms with E-state index in [0.717, 1.165) is 0 Å². The smallest absolute Gasteiger partial charge is 0.343 e. The van der Waals surface area contributed by atoms with Crippen molar-refractivity contribution in [1.82, 2.24) is 0 Å². The molecule has 0 saturated carbocycles. The van der Waals surface area contributed by atoms with Crippen molar-refractivity contribution in [2.24, 2.45) is 5.92 Å². The molecule has 1 heterocycles. The molecule has 0 aromatic heterocycles. The van der Waals surface area contributed by atoms with Crippen LogP contribution in [-0.4, -0.2) is 23.1 Å². The number of aliphatic hydroxyl groups is 1. The summed E-state index contributed by atoms with van der Waals surface area (Å²) in [6.07, 6.45) is -0.802. The molecular weight excluding hydrogens is 136 g/mol. The lowest BCUT2D eigenvalue weighted by molar-refractivity contribution is -0.154. The lowest BCUT2D eigenvalue weighted by Crippen LogP contribution is -2.22. The first-order chi connectivity index (χ1) is 4.66. The Kier molecular flexibility index (Phi) is 1.72. The Bertz CT molecular complexity index is 175. The molecule has 4 heteroatoms. The summed E-state index contributed by atoms with van der Waals surface area (Å²) in [5.41, 5.74) is 0. The maximum atomic E-state index is 10.6. The van der Waals surface area contributed by atoms with Gasteiger partial charge >= 0.3 is 11.9 Å². The van der Waals surface area contributed by atoms with Gasteiger partial charge in [-0.1, -0.05) is 6.92 Å². The lowest BCUT2D eigenvalue weighted by Gasteiger charge is -2.01. The second-order valence-electron chi connectivity index (χ2n) is 2.20. The highest BCUT2D eigenvalue weighted by Crippen LogP contribution is 2.19. The Balaban J connectivity index is 2.73. The quantitative estimate of drug-likeness (QED) is 0.396. The van der Waals surface area contributed by atoms with E-state index in [-0.39, 0.29) is 0 Å². The first kappa shape index (κ1) is 7.21. The van der Waals surface area contributed by atoms with Crippen LogP contribution in [-0.2, 0) is 14.3 Å². The van der Waals surface area contributed by atoms with Crippen molar-refractivity contribution in [2.75, 3.05) is 0 Å². The summed E-state index contributed by atoms with van der Waals surface area (Å²) in [5.74, 6) is -2.08. The number of aliphatic hydroxyl groups excluding tert-OH is 1. The molecule has 2 unspecified atom stereocenters. The number of rotatable bonds is 1. The van der Waals surface area contributed by atoms with Crippen molar-refractivity contribution in [3.05, 3.63) is 0 Å². The molecule has 0 spiro atoms. The van der Waals surface area contributed by atoms with E-state index in [2.05, 4.69) is 4.74 Å². The second kappa shape index (κ2) is 2.38. The summed E-state index contributed by atoms with van der Waals surface area (Å²) in [7, 11) is 0. The third-order valence-corrected chi connectivity index (χ3v) is 1.57. The molecule has 0 aromatic carbocycles. The standard InChI is InChI=1S/C6H8O4/c1-2-3-4(7)6(9)10-5(3)8/h3-4,7H,2H2,1H3. The van der Waals surface area contributed by atoms with Crippen LogP contribution in [0.5, 0.6) is 0 Å². The Labute approximate surface area is 57.8 Å². The average molecular weight is 144 g/mol. The average Bonchev–Trinajstić information content (AvgIpc) is 2.09. The van der Waals surface area contributed by atoms with Crippen molar-refractivity contribution in [2.45, 2.75) is 19.4 Å². The van der Waals surface area contributed by atoms with Crippen LogP contribution in [0.3, 0.4) is 0 Å². The van der Waals surface area contributed by atoms with Crippen LogP contribution in [0.4, 0.5) is 0 Å². The summed E-state index contributed by atoms with van der Waals surface area (Å²) >= 11 is 0. The Morgan fingerprint density at radius 2 is 2.10 bits per heavy atom. The molecule has 2 atom stereocenters. The van der Waals surface area contributed by atoms with Gasteiger partial charge in [-0.15, -0.1) is 0 Å². The normalized spacial score (nSPS) is 32.6. The lowest BCUT2D eigenvalue weighted by atomic mass is 10.0. The van der Waals surface area contributed by atoms with Gasteiger partial charge in [0.05, 0.1) is 5.92 Å². The molecule has 1 aliphatic heterocycles. The van der Waals surface area contributed by atoms with Crippen LogP contribution >= 0.6 is 0 Å². The van der Waals surface area contributed by atoms with Crippen molar-refractivity contribution in [3.8, 4) is 0 Å². The SMILES string of the molecule is CCC1C(=O)OC(=O)C1O. The second-order valence-corrected chi connectivity index (χ2v) is 2.20. The van der Waals surface area contributed by atoms with E-state index < -0.39 is 24.0 Å². The highest BCUT2D eigenvalue weighted by Gasteiger charge is 2.41. The first-order valence-electron chi connectivity index (χ1n) is 3.10. The minimum absolute atomic E-state index is 0.436. The van der Waals surface area contributed by atoms with Crippen molar-refractivity contribution in [1.29, 1.82) is 0 Å². The Hall–Kier alpha value is -0.900. The van der Waals surface area contributed by atoms with Crippen LogP contribution in [0.2, 0.25) is 0 Å². The number of hydrogen-bond acceptors (Lipinski definition) is 4. The van der Waals surface area contributed by atoms with Gasteiger partial charge in [0.15, 0.2) is 6.10 Å². The number of carbonyl (C=O) groups excluding carboxylic acids is 2. The fraction of sp³-hybridized carbons (Fsp3) is 0.667. The molecule has 1 rings (SSSR count). The Morgan fingerprint density at radius 3 is 2.30 bits per heavy atom. The number of esters is 2. The summed E-state index contributed by atoms with van der Waals surface area (Å²) < 4.78 is 4.15. The van der Waals surface area contributed by atoms with Gasteiger partial charge in [-0.25, -0.2) is 4.79 Å². The van der Waals surface area contributed by atoms with E-state index in [4.69, 9.17) is 5.11 Å². The summed E-state index contributed by atoms with van der Waals surface area (Å²) in [6.45, 7) is 1.72. The third-order valence-electron chi connectivity index (χ3n) is 1.57. The summed E-state index contributed by atoms with van der Waals surface area (Å²) in [6, 6.07) is 0. The van der Waals surface area contributed by atoms with Crippen molar-refractivity contribution >= 4 is 11.9 Å². The molecular formula is C6H8O4. The van der Waals surface area contributed by atoms with E-state index in [9.17, 15) is 9.59 Å². The predicted molar refractivity (Wildman–Crippen MR) is 30.9 cm³/mol. The van der Waals surface area contributed by atoms with E-state index in [1.165, 1.54) is 0 Å². The number of carbonyl (C=O) groups is 2. The zero-order valence-electron chi connectivity index (χ0n) is 5.53. The molecule has 0 amide bonds. The van der Waals surface area contributed by atoms with Crippen LogP contribution in [0.25, 0.3) is 0 Å². The zero-order chi connectivity index (χ0) is 7.72. The molecule has 10 heavy (non-hydrogen) atoms. The number of cyclic esters (lactones) is 2. The fourth-order valence-corrected chi connectivity index (χ4v) is 0.918. The van der Waals surface area contributed by atoms with E-state index >= 15 is 0 Å². The maximum absolute atomic E-state index is 10.6. The summed E-state index contributed by atoms with van der Waals surface area (Å²) in [5, 5.41) is 8.93. The first-order valence-corrected chi connectivity index (χ1v) is 3.10. The molecule has 1 saturated heterocycles. The Morgan fingerprint density at radius 1 is 1.50 bits per heavy atom. The predicted octanol–water partition coefficient (Wildman–Crippen LogP) is -0.543. The van der Waals surface area contributed by atoms with Gasteiger partial charge in [-0.3, -0.25) is 4.79 Å². The molecule has 56 valence electrons. The molecule has 1 aliphatic rings. The van der Waals surface area contributed by atoms with Gasteiger partial charge in [-0.2, -0.15) is 0 Å². The van der Waals surface area contributed by atoms with Gasteiger partial charge in [0, 0.05) is 0 Å². The van der Waals surface area contributed by atoms with Crippen LogP contribution in [0.1, 0.15) is 13.3 Å². The molecule has 0 bridgehead atoms. The monoisotopic (exact) mass is 144 g/mol. The minimum Gasteiger partial charge on any atom is -0.391 e. The largest absolute Gasteiger partial charge is 0.391 e. The van der Waals surface area contributed by atoms with Gasteiger partial charge in [0.2, 0.25) is 0 Å². The van der Waals surface area contributed by atoms with Gasteiger partial charge in [0.25, 0.3) is 0 Å². The van der Waals surface area contributed by atoms with E-state index in [1.807, 2.05) is 0 Å². The molecule has 1 fully saturated rings. The van der Waals surface area contributed by atoms with Crippen LogP contribution in [0.15, 0.2) is 0 Å². The molecule has 4 nitrogen and oxygen atoms in total. The summed E-state index contributed by atoms with van der Waals surface area (Å²) in [4.78, 5) is 21.1. The topological polar surface area (TPSA) is 63.6 Å². The molecule has 1 N–H and O–H groups in total. The maximum Gasteiger partial charge on any atom is 0.343 e. The van der Waals surface area contributed by atoms with Crippen LogP contribution < -0.4 is 0 Å². The van der Waals surface area contributed by atoms with Crippen LogP contribution in [0, 0.1) is 5.92 Å². The minimum atomic E-state index is -1.24. The highest BCUT2D eigenvalue weighted by atomic mass is 16.6. The van der Waals surface area contributed by atoms with Gasteiger partial charge in [-0.05, 0) is 6.42 Å². The van der Waals surface area contributed by atoms with Gasteiger partial charge < -0.3 is 9.84 Å². The van der Waals surface area contributed by atoms with E-state index in [1.54, 1.807) is 6.92 Å². The fourth-order valence-electron chi connectivity index (χ4n) is 0.918. The van der Waals surface area contributed by atoms with Crippen molar-refractivity contribution < 1.29 is 19.4 Å². The number of ether oxygens (including phenoxy) is 1. The van der Waals surface area contributed by atoms with E-state index in [0.29, 0.717) is 6.42 Å². The highest BCUT2D eigenvalue weighted by molar-refractivity contribution is 5.97. The van der Waals surface area contributed by atoms with Crippen molar-refractivity contribution in [3.63, 3.8) is 0 Å². The molecule has 0 aromatic rings. The van der Waals surface area contributed by atoms with Gasteiger partial charge in [0.1, 0.15) is 0 Å². The zero-order valence-corrected chi connectivity index (χ0v) is 5.53. The number of hydrogen-bond donors (Lipinski definition) is 1. The third kappa shape index (κ3) is 0.903.